The van der Waals surface area contributed by atoms with Gasteiger partial charge in [-0.05, 0) is 57.7 Å². The van der Waals surface area contributed by atoms with Gasteiger partial charge in [0.05, 0.1) is 13.2 Å². The largest absolute Gasteiger partial charge is 0.379 e. The summed E-state index contributed by atoms with van der Waals surface area (Å²) in [5.41, 5.74) is 0. The molecule has 0 aromatic rings. The summed E-state index contributed by atoms with van der Waals surface area (Å²) in [5.74, 6) is 1.88. The van der Waals surface area contributed by atoms with E-state index in [1.165, 1.54) is 71.1 Å². The van der Waals surface area contributed by atoms with Crippen molar-refractivity contribution in [1.82, 2.24) is 20.0 Å². The van der Waals surface area contributed by atoms with Crippen molar-refractivity contribution >= 4 is 29.9 Å². The third kappa shape index (κ3) is 8.32. The topological polar surface area (TPSA) is 43.3 Å². The van der Waals surface area contributed by atoms with Crippen LogP contribution in [0.15, 0.2) is 4.99 Å². The SMILES string of the molecule is CN=C(NCCCCCN1CCCCC1)N1CCC(CN2CCOCC2)C1.I. The van der Waals surface area contributed by atoms with E-state index in [9.17, 15) is 0 Å². The zero-order valence-corrected chi connectivity index (χ0v) is 20.2. The van der Waals surface area contributed by atoms with Crippen LogP contribution in [0.2, 0.25) is 0 Å². The molecule has 1 unspecified atom stereocenters. The van der Waals surface area contributed by atoms with Gasteiger partial charge in [-0.15, -0.1) is 24.0 Å². The first kappa shape index (κ1) is 24.2. The summed E-state index contributed by atoms with van der Waals surface area (Å²) in [6.45, 7) is 12.5. The minimum Gasteiger partial charge on any atom is -0.379 e. The molecule has 0 saturated carbocycles. The summed E-state index contributed by atoms with van der Waals surface area (Å²) in [4.78, 5) is 12.2. The van der Waals surface area contributed by atoms with Gasteiger partial charge in [0.1, 0.15) is 0 Å². The molecular formula is C21H42IN5O. The highest BCUT2D eigenvalue weighted by atomic mass is 127. The molecule has 3 saturated heterocycles. The number of morpholine rings is 1. The average molecular weight is 508 g/mol. The second-order valence-electron chi connectivity index (χ2n) is 8.45. The number of nitrogens with one attached hydrogen (secondary N) is 1. The van der Waals surface area contributed by atoms with E-state index in [-0.39, 0.29) is 24.0 Å². The Morgan fingerprint density at radius 1 is 0.964 bits per heavy atom. The average Bonchev–Trinajstić information content (AvgIpc) is 3.17. The van der Waals surface area contributed by atoms with Gasteiger partial charge in [-0.25, -0.2) is 0 Å². The summed E-state index contributed by atoms with van der Waals surface area (Å²) in [5, 5.41) is 3.60. The number of aliphatic imine (C=N–C) groups is 1. The molecule has 0 radical (unpaired) electrons. The Bertz CT molecular complexity index is 439. The molecule has 0 spiro atoms. The predicted octanol–water partition coefficient (Wildman–Crippen LogP) is 2.49. The summed E-state index contributed by atoms with van der Waals surface area (Å²) in [6.07, 6.45) is 9.43. The number of guanidine groups is 1. The molecule has 0 aliphatic carbocycles. The lowest BCUT2D eigenvalue weighted by Gasteiger charge is -2.29. The molecule has 7 heteroatoms. The molecule has 3 rings (SSSR count). The number of halogens is 1. The van der Waals surface area contributed by atoms with Crippen LogP contribution >= 0.6 is 24.0 Å². The third-order valence-corrected chi connectivity index (χ3v) is 6.30. The number of rotatable bonds is 8. The molecule has 0 amide bonds. The van der Waals surface area contributed by atoms with Crippen LogP contribution in [0, 0.1) is 5.92 Å². The second-order valence-corrected chi connectivity index (χ2v) is 8.45. The quantitative estimate of drug-likeness (QED) is 0.237. The van der Waals surface area contributed by atoms with Crippen molar-refractivity contribution in [2.75, 3.05) is 79.2 Å². The molecule has 1 atom stereocenters. The molecule has 3 aliphatic heterocycles. The van der Waals surface area contributed by atoms with E-state index in [2.05, 4.69) is 25.0 Å². The molecule has 0 bridgehead atoms. The van der Waals surface area contributed by atoms with Crippen molar-refractivity contribution in [2.45, 2.75) is 44.9 Å². The Morgan fingerprint density at radius 3 is 2.50 bits per heavy atom. The summed E-state index contributed by atoms with van der Waals surface area (Å²) < 4.78 is 5.46. The van der Waals surface area contributed by atoms with Gasteiger partial charge in [0.2, 0.25) is 0 Å². The van der Waals surface area contributed by atoms with Gasteiger partial charge in [0.15, 0.2) is 5.96 Å². The Kier molecular flexibility index (Phi) is 12.1. The van der Waals surface area contributed by atoms with E-state index in [4.69, 9.17) is 4.74 Å². The van der Waals surface area contributed by atoms with Gasteiger partial charge in [0.25, 0.3) is 0 Å². The summed E-state index contributed by atoms with van der Waals surface area (Å²) in [6, 6.07) is 0. The highest BCUT2D eigenvalue weighted by molar-refractivity contribution is 14.0. The van der Waals surface area contributed by atoms with Gasteiger partial charge in [-0.2, -0.15) is 0 Å². The summed E-state index contributed by atoms with van der Waals surface area (Å²) in [7, 11) is 1.92. The molecule has 1 N–H and O–H groups in total. The number of hydrogen-bond donors (Lipinski definition) is 1. The van der Waals surface area contributed by atoms with Crippen LogP contribution < -0.4 is 5.32 Å². The molecule has 3 heterocycles. The lowest BCUT2D eigenvalue weighted by atomic mass is 10.1. The lowest BCUT2D eigenvalue weighted by Crippen LogP contribution is -2.42. The van der Waals surface area contributed by atoms with Crippen LogP contribution in [0.1, 0.15) is 44.9 Å². The zero-order valence-electron chi connectivity index (χ0n) is 17.9. The van der Waals surface area contributed by atoms with Crippen LogP contribution in [0.5, 0.6) is 0 Å². The maximum atomic E-state index is 5.46. The maximum absolute atomic E-state index is 5.46. The number of hydrogen-bond acceptors (Lipinski definition) is 4. The molecule has 0 aromatic carbocycles. The minimum atomic E-state index is 0. The molecule has 3 fully saturated rings. The van der Waals surface area contributed by atoms with Gasteiger partial charge < -0.3 is 19.9 Å². The van der Waals surface area contributed by atoms with Crippen molar-refractivity contribution in [2.24, 2.45) is 10.9 Å². The second kappa shape index (κ2) is 14.0. The van der Waals surface area contributed by atoms with Gasteiger partial charge in [0, 0.05) is 46.3 Å². The highest BCUT2D eigenvalue weighted by Gasteiger charge is 2.26. The minimum absolute atomic E-state index is 0. The van der Waals surface area contributed by atoms with E-state index < -0.39 is 0 Å². The number of likely N-dealkylation sites (tertiary alicyclic amines) is 2. The van der Waals surface area contributed by atoms with E-state index in [1.54, 1.807) is 0 Å². The zero-order chi connectivity index (χ0) is 18.7. The Balaban J connectivity index is 0.00000280. The molecule has 164 valence electrons. The van der Waals surface area contributed by atoms with Gasteiger partial charge in [-0.1, -0.05) is 12.8 Å². The van der Waals surface area contributed by atoms with Crippen LogP contribution in [-0.4, -0.2) is 99.8 Å². The van der Waals surface area contributed by atoms with Gasteiger partial charge in [-0.3, -0.25) is 9.89 Å². The number of ether oxygens (including phenoxy) is 1. The van der Waals surface area contributed by atoms with E-state index in [0.29, 0.717) is 0 Å². The molecule has 3 aliphatic rings. The fourth-order valence-corrected chi connectivity index (χ4v) is 4.68. The van der Waals surface area contributed by atoms with Crippen molar-refractivity contribution in [1.29, 1.82) is 0 Å². The summed E-state index contributed by atoms with van der Waals surface area (Å²) >= 11 is 0. The first-order valence-electron chi connectivity index (χ1n) is 11.3. The Hall–Kier alpha value is -0.120. The van der Waals surface area contributed by atoms with Crippen LogP contribution in [0.4, 0.5) is 0 Å². The monoisotopic (exact) mass is 507 g/mol. The molecular weight excluding hydrogens is 465 g/mol. The Morgan fingerprint density at radius 2 is 1.75 bits per heavy atom. The van der Waals surface area contributed by atoms with Gasteiger partial charge >= 0.3 is 0 Å². The van der Waals surface area contributed by atoms with Crippen molar-refractivity contribution in [3.05, 3.63) is 0 Å². The standard InChI is InChI=1S/C21H41N5O.HI/c1-22-21(23-9-4-2-5-10-24-11-6-3-7-12-24)26-13-8-20(19-26)18-25-14-16-27-17-15-25;/h20H,2-19H2,1H3,(H,22,23);1H. The van der Waals surface area contributed by atoms with Crippen molar-refractivity contribution in [3.8, 4) is 0 Å². The normalized spacial score (nSPS) is 25.0. The first-order valence-corrected chi connectivity index (χ1v) is 11.3. The van der Waals surface area contributed by atoms with E-state index in [0.717, 1.165) is 57.8 Å². The molecule has 0 aromatic heterocycles. The number of nitrogens with zero attached hydrogens (tertiary/aromatic N) is 4. The van der Waals surface area contributed by atoms with Crippen LogP contribution in [0.3, 0.4) is 0 Å². The smallest absolute Gasteiger partial charge is 0.193 e. The third-order valence-electron chi connectivity index (χ3n) is 6.30. The number of piperidine rings is 1. The van der Waals surface area contributed by atoms with Crippen molar-refractivity contribution in [3.63, 3.8) is 0 Å². The van der Waals surface area contributed by atoms with E-state index >= 15 is 0 Å². The first-order chi connectivity index (χ1) is 13.3. The Labute approximate surface area is 189 Å². The maximum Gasteiger partial charge on any atom is 0.193 e. The predicted molar refractivity (Wildman–Crippen MR) is 128 cm³/mol. The van der Waals surface area contributed by atoms with Crippen LogP contribution in [-0.2, 0) is 4.74 Å². The number of unbranched alkanes of at least 4 members (excludes halogenated alkanes) is 2. The van der Waals surface area contributed by atoms with Crippen molar-refractivity contribution < 1.29 is 4.74 Å². The van der Waals surface area contributed by atoms with E-state index in [1.807, 2.05) is 7.05 Å². The fraction of sp³-hybridized carbons (Fsp3) is 0.952. The van der Waals surface area contributed by atoms with Crippen LogP contribution in [0.25, 0.3) is 0 Å². The molecule has 6 nitrogen and oxygen atoms in total. The fourth-order valence-electron chi connectivity index (χ4n) is 4.68. The highest BCUT2D eigenvalue weighted by Crippen LogP contribution is 2.18. The lowest BCUT2D eigenvalue weighted by molar-refractivity contribution is 0.0315. The molecule has 28 heavy (non-hydrogen) atoms.